The molecule has 0 aliphatic rings. The Bertz CT molecular complexity index is 235. The van der Waals surface area contributed by atoms with E-state index >= 15 is 0 Å². The Labute approximate surface area is 89.5 Å². The molecule has 1 aromatic carbocycles. The molecule has 0 radical (unpaired) electrons. The molecule has 0 aromatic heterocycles. The van der Waals surface area contributed by atoms with Gasteiger partial charge in [0.1, 0.15) is 0 Å². The van der Waals surface area contributed by atoms with Gasteiger partial charge in [-0.2, -0.15) is 0 Å². The van der Waals surface area contributed by atoms with E-state index < -0.39 is 21.1 Å². The normalized spacial score (nSPS) is 11.2. The van der Waals surface area contributed by atoms with Crippen LogP contribution in [0.25, 0.3) is 0 Å². The van der Waals surface area contributed by atoms with Crippen LogP contribution in [0.4, 0.5) is 0 Å². The summed E-state index contributed by atoms with van der Waals surface area (Å²) in [5.41, 5.74) is 1.38. The molecule has 0 fully saturated rings. The average Bonchev–Trinajstić information content (AvgIpc) is 2.09. The van der Waals surface area contributed by atoms with Crippen LogP contribution in [-0.4, -0.2) is 21.1 Å². The molecule has 2 heteroatoms. The molecule has 1 aromatic rings. The molecule has 0 aliphatic carbocycles. The predicted molar refractivity (Wildman–Crippen MR) is 58.8 cm³/mol. The van der Waals surface area contributed by atoms with Gasteiger partial charge in [0, 0.05) is 0 Å². The minimum absolute atomic E-state index is 0.478. The van der Waals surface area contributed by atoms with Crippen molar-refractivity contribution < 1.29 is 0 Å². The van der Waals surface area contributed by atoms with Crippen LogP contribution in [0.5, 0.6) is 0 Å². The summed E-state index contributed by atoms with van der Waals surface area (Å²) in [6.45, 7) is 2.27. The van der Waals surface area contributed by atoms with Crippen molar-refractivity contribution in [3.8, 4) is 0 Å². The monoisotopic (exact) mass is 290 g/mol. The van der Waals surface area contributed by atoms with E-state index in [1.165, 1.54) is 20.9 Å². The van der Waals surface area contributed by atoms with Crippen molar-refractivity contribution in [2.75, 3.05) is 0 Å². The maximum absolute atomic E-state index is 6.04. The summed E-state index contributed by atoms with van der Waals surface area (Å²) in [6.07, 6.45) is 1.36. The van der Waals surface area contributed by atoms with Crippen molar-refractivity contribution in [3.05, 3.63) is 34.9 Å². The summed E-state index contributed by atoms with van der Waals surface area (Å²) in [5.74, 6) is 0. The van der Waals surface area contributed by atoms with Crippen molar-refractivity contribution >= 4 is 32.7 Å². The summed E-state index contributed by atoms with van der Waals surface area (Å²) in [7, 11) is 0. The van der Waals surface area contributed by atoms with Gasteiger partial charge in [-0.3, -0.25) is 0 Å². The molecule has 0 bridgehead atoms. The number of halogens is 1. The van der Waals surface area contributed by atoms with Crippen molar-refractivity contribution in [1.29, 1.82) is 0 Å². The molecule has 0 spiro atoms. The Balaban J connectivity index is 2.46. The quantitative estimate of drug-likeness (QED) is 0.590. The van der Waals surface area contributed by atoms with Gasteiger partial charge in [0.15, 0.2) is 0 Å². The summed E-state index contributed by atoms with van der Waals surface area (Å²) in [4.78, 5) is 0. The van der Waals surface area contributed by atoms with Crippen LogP contribution >= 0.6 is 11.6 Å². The maximum atomic E-state index is 6.04. The van der Waals surface area contributed by atoms with Crippen LogP contribution in [0.1, 0.15) is 18.9 Å². The Kier molecular flexibility index (Phi) is 5.08. The summed E-state index contributed by atoms with van der Waals surface area (Å²) in [6, 6.07) is 8.24. The van der Waals surface area contributed by atoms with Crippen LogP contribution in [0.2, 0.25) is 9.46 Å². The molecule has 0 aliphatic heterocycles. The zero-order valence-corrected chi connectivity index (χ0v) is 12.3. The van der Waals surface area contributed by atoms with Crippen LogP contribution in [0, 0.1) is 0 Å². The molecular formula is C10H15ClSn. The van der Waals surface area contributed by atoms with Gasteiger partial charge < -0.3 is 0 Å². The van der Waals surface area contributed by atoms with Crippen LogP contribution in [-0.2, 0) is 4.44 Å². The first-order valence-corrected chi connectivity index (χ1v) is 10.7. The van der Waals surface area contributed by atoms with E-state index in [0.717, 1.165) is 5.02 Å². The number of rotatable bonds is 4. The standard InChI is InChI=1S/C7H6Cl.C3H7.Sn.2H/c1-6-4-2-3-5-7(6)8;1-3-2;;;/h2-5H,1H2;1,3H2,2H3;;;. The number of benzene rings is 1. The van der Waals surface area contributed by atoms with E-state index in [-0.39, 0.29) is 0 Å². The van der Waals surface area contributed by atoms with Gasteiger partial charge in [0.2, 0.25) is 0 Å². The molecule has 0 nitrogen and oxygen atoms in total. The van der Waals surface area contributed by atoms with Crippen LogP contribution in [0.3, 0.4) is 0 Å². The van der Waals surface area contributed by atoms with E-state index in [0.29, 0.717) is 0 Å². The Hall–Kier alpha value is 0.309. The van der Waals surface area contributed by atoms with Gasteiger partial charge >= 0.3 is 89.8 Å². The van der Waals surface area contributed by atoms with E-state index in [4.69, 9.17) is 11.6 Å². The second-order valence-electron chi connectivity index (χ2n) is 3.05. The van der Waals surface area contributed by atoms with Gasteiger partial charge in [0.05, 0.1) is 0 Å². The molecule has 0 N–H and O–H groups in total. The van der Waals surface area contributed by atoms with Crippen molar-refractivity contribution in [1.82, 2.24) is 0 Å². The first-order chi connectivity index (χ1) is 5.84. The molecule has 12 heavy (non-hydrogen) atoms. The van der Waals surface area contributed by atoms with Gasteiger partial charge in [0.25, 0.3) is 0 Å². The zero-order valence-electron chi connectivity index (χ0n) is 7.52. The SMILES string of the molecule is CC[CH2][SnH2][CH2]c1ccccc1Cl. The van der Waals surface area contributed by atoms with Gasteiger partial charge in [-0.1, -0.05) is 0 Å². The second-order valence-corrected chi connectivity index (χ2v) is 8.92. The van der Waals surface area contributed by atoms with Crippen molar-refractivity contribution in [2.24, 2.45) is 0 Å². The van der Waals surface area contributed by atoms with Crippen molar-refractivity contribution in [2.45, 2.75) is 22.2 Å². The fourth-order valence-electron chi connectivity index (χ4n) is 1.27. The Morgan fingerprint density at radius 1 is 1.33 bits per heavy atom. The molecule has 0 saturated heterocycles. The average molecular weight is 289 g/mol. The first-order valence-electron chi connectivity index (χ1n) is 4.58. The van der Waals surface area contributed by atoms with Gasteiger partial charge in [-0.25, -0.2) is 0 Å². The van der Waals surface area contributed by atoms with Gasteiger partial charge in [-0.05, 0) is 0 Å². The number of hydrogen-bond acceptors (Lipinski definition) is 0. The van der Waals surface area contributed by atoms with Crippen LogP contribution < -0.4 is 0 Å². The fraction of sp³-hybridized carbons (Fsp3) is 0.400. The third-order valence-corrected chi connectivity index (χ3v) is 8.37. The van der Waals surface area contributed by atoms with E-state index in [1.807, 2.05) is 12.1 Å². The first kappa shape index (κ1) is 10.4. The van der Waals surface area contributed by atoms with Gasteiger partial charge in [-0.15, -0.1) is 0 Å². The molecule has 0 amide bonds. The molecular weight excluding hydrogens is 274 g/mol. The number of hydrogen-bond donors (Lipinski definition) is 0. The van der Waals surface area contributed by atoms with Crippen molar-refractivity contribution in [3.63, 3.8) is 0 Å². The summed E-state index contributed by atoms with van der Waals surface area (Å²) < 4.78 is 2.84. The molecule has 1 rings (SSSR count). The minimum atomic E-state index is -0.478. The van der Waals surface area contributed by atoms with E-state index in [9.17, 15) is 0 Å². The molecule has 0 saturated carbocycles. The van der Waals surface area contributed by atoms with E-state index in [1.54, 1.807) is 0 Å². The topological polar surface area (TPSA) is 0 Å². The third kappa shape index (κ3) is 3.36. The van der Waals surface area contributed by atoms with E-state index in [2.05, 4.69) is 19.1 Å². The Morgan fingerprint density at radius 2 is 2.08 bits per heavy atom. The fourth-order valence-corrected chi connectivity index (χ4v) is 6.42. The summed E-state index contributed by atoms with van der Waals surface area (Å²) in [5, 5.41) is 0.963. The predicted octanol–water partition coefficient (Wildman–Crippen LogP) is 2.84. The Morgan fingerprint density at radius 3 is 2.75 bits per heavy atom. The molecule has 66 valence electrons. The molecule has 0 atom stereocenters. The zero-order chi connectivity index (χ0) is 8.81. The summed E-state index contributed by atoms with van der Waals surface area (Å²) >= 11 is 5.56. The second kappa shape index (κ2) is 5.87. The third-order valence-electron chi connectivity index (χ3n) is 2.01. The van der Waals surface area contributed by atoms with Crippen LogP contribution in [0.15, 0.2) is 24.3 Å². The molecule has 0 unspecified atom stereocenters. The molecule has 0 heterocycles.